The molecule has 3 heteroatoms. The van der Waals surface area contributed by atoms with Gasteiger partial charge in [0.1, 0.15) is 0 Å². The molecule has 1 heterocycles. The number of nitrogens with zero attached hydrogens (tertiary/aromatic N) is 1. The quantitative estimate of drug-likeness (QED) is 0.923. The summed E-state index contributed by atoms with van der Waals surface area (Å²) in [5.41, 5.74) is 1.21. The molecule has 3 atom stereocenters. The van der Waals surface area contributed by atoms with Gasteiger partial charge in [-0.2, -0.15) is 0 Å². The number of nitrogens with one attached hydrogen (secondary N) is 1. The van der Waals surface area contributed by atoms with Gasteiger partial charge in [-0.1, -0.05) is 6.42 Å². The highest BCUT2D eigenvalue weighted by Gasteiger charge is 2.55. The molecule has 0 spiro atoms. The molecular formula is C14H19BrN2. The summed E-state index contributed by atoms with van der Waals surface area (Å²) in [5, 5.41) is 3.50. The van der Waals surface area contributed by atoms with Crippen LogP contribution in [0.3, 0.4) is 0 Å². The monoisotopic (exact) mass is 294 g/mol. The number of hydrogen-bond acceptors (Lipinski definition) is 2. The Balaban J connectivity index is 1.64. The van der Waals surface area contributed by atoms with Crippen LogP contribution in [0.2, 0.25) is 0 Å². The molecule has 92 valence electrons. The first-order chi connectivity index (χ1) is 8.29. The molecule has 3 rings (SSSR count). The third kappa shape index (κ3) is 2.27. The minimum absolute atomic E-state index is 0.624. The SMILES string of the molecule is CNC(Cc1ccc(Br)cn1)C1C2CCCC21. The van der Waals surface area contributed by atoms with Crippen molar-refractivity contribution in [2.45, 2.75) is 31.7 Å². The molecule has 2 fully saturated rings. The first-order valence-corrected chi connectivity index (χ1v) is 7.36. The number of halogens is 1. The molecule has 17 heavy (non-hydrogen) atoms. The predicted octanol–water partition coefficient (Wildman–Crippen LogP) is 3.02. The van der Waals surface area contributed by atoms with E-state index in [9.17, 15) is 0 Å². The van der Waals surface area contributed by atoms with E-state index in [1.54, 1.807) is 0 Å². The van der Waals surface area contributed by atoms with Gasteiger partial charge in [0, 0.05) is 28.8 Å². The first kappa shape index (κ1) is 11.7. The summed E-state index contributed by atoms with van der Waals surface area (Å²) in [6, 6.07) is 4.84. The third-order valence-corrected chi connectivity index (χ3v) is 4.99. The normalized spacial score (nSPS) is 32.2. The Labute approximate surface area is 111 Å². The van der Waals surface area contributed by atoms with Crippen LogP contribution in [-0.2, 0) is 6.42 Å². The van der Waals surface area contributed by atoms with Gasteiger partial charge >= 0.3 is 0 Å². The smallest absolute Gasteiger partial charge is 0.0420 e. The van der Waals surface area contributed by atoms with Crippen LogP contribution in [0.5, 0.6) is 0 Å². The molecule has 0 radical (unpaired) electrons. The summed E-state index contributed by atoms with van der Waals surface area (Å²) >= 11 is 3.43. The van der Waals surface area contributed by atoms with Crippen LogP contribution in [0.25, 0.3) is 0 Å². The third-order valence-electron chi connectivity index (χ3n) is 4.53. The second kappa shape index (κ2) is 4.69. The summed E-state index contributed by atoms with van der Waals surface area (Å²) in [4.78, 5) is 4.48. The lowest BCUT2D eigenvalue weighted by atomic mass is 10.00. The Hall–Kier alpha value is -0.410. The number of hydrogen-bond donors (Lipinski definition) is 1. The molecule has 3 unspecified atom stereocenters. The number of rotatable bonds is 4. The second-order valence-corrected chi connectivity index (χ2v) is 6.32. The maximum Gasteiger partial charge on any atom is 0.0420 e. The van der Waals surface area contributed by atoms with Crippen LogP contribution in [0.15, 0.2) is 22.8 Å². The van der Waals surface area contributed by atoms with Gasteiger partial charge in [0.2, 0.25) is 0 Å². The van der Waals surface area contributed by atoms with E-state index in [0.717, 1.165) is 28.6 Å². The topological polar surface area (TPSA) is 24.9 Å². The van der Waals surface area contributed by atoms with Crippen molar-refractivity contribution in [3.63, 3.8) is 0 Å². The van der Waals surface area contributed by atoms with Crippen molar-refractivity contribution in [1.82, 2.24) is 10.3 Å². The fraction of sp³-hybridized carbons (Fsp3) is 0.643. The van der Waals surface area contributed by atoms with E-state index in [-0.39, 0.29) is 0 Å². The standard InChI is InChI=1S/C14H19BrN2/c1-16-13(14-11-3-2-4-12(11)14)7-10-6-5-9(15)8-17-10/h5-6,8,11-14,16H,2-4,7H2,1H3. The Morgan fingerprint density at radius 1 is 1.41 bits per heavy atom. The van der Waals surface area contributed by atoms with E-state index in [1.165, 1.54) is 25.0 Å². The lowest BCUT2D eigenvalue weighted by Gasteiger charge is -2.17. The molecule has 1 aromatic heterocycles. The lowest BCUT2D eigenvalue weighted by molar-refractivity contribution is 0.425. The van der Waals surface area contributed by atoms with Crippen molar-refractivity contribution >= 4 is 15.9 Å². The predicted molar refractivity (Wildman–Crippen MR) is 72.8 cm³/mol. The number of fused-ring (bicyclic) bond motifs is 1. The molecule has 0 aliphatic heterocycles. The maximum absolute atomic E-state index is 4.48. The molecule has 2 saturated carbocycles. The fourth-order valence-electron chi connectivity index (χ4n) is 3.66. The zero-order chi connectivity index (χ0) is 11.8. The van der Waals surface area contributed by atoms with Gasteiger partial charge in [-0.15, -0.1) is 0 Å². The first-order valence-electron chi connectivity index (χ1n) is 6.57. The van der Waals surface area contributed by atoms with Crippen molar-refractivity contribution < 1.29 is 0 Å². The Morgan fingerprint density at radius 2 is 2.18 bits per heavy atom. The van der Waals surface area contributed by atoms with Crippen molar-refractivity contribution in [2.24, 2.45) is 17.8 Å². The van der Waals surface area contributed by atoms with Crippen LogP contribution in [0.4, 0.5) is 0 Å². The van der Waals surface area contributed by atoms with Gasteiger partial charge in [-0.05, 0) is 65.7 Å². The molecule has 0 saturated heterocycles. The number of pyridine rings is 1. The average Bonchev–Trinajstić information content (AvgIpc) is 2.82. The largest absolute Gasteiger partial charge is 0.316 e. The summed E-state index contributed by atoms with van der Waals surface area (Å²) in [5.74, 6) is 2.95. The Morgan fingerprint density at radius 3 is 2.76 bits per heavy atom. The minimum Gasteiger partial charge on any atom is -0.316 e. The highest BCUT2D eigenvalue weighted by Crippen LogP contribution is 2.59. The maximum atomic E-state index is 4.48. The van der Waals surface area contributed by atoms with Crippen LogP contribution >= 0.6 is 15.9 Å². The van der Waals surface area contributed by atoms with Crippen LogP contribution in [-0.4, -0.2) is 18.1 Å². The van der Waals surface area contributed by atoms with E-state index in [1.807, 2.05) is 6.20 Å². The fourth-order valence-corrected chi connectivity index (χ4v) is 3.89. The Kier molecular flexibility index (Phi) is 3.22. The van der Waals surface area contributed by atoms with Crippen molar-refractivity contribution in [3.05, 3.63) is 28.5 Å². The highest BCUT2D eigenvalue weighted by molar-refractivity contribution is 9.10. The lowest BCUT2D eigenvalue weighted by Crippen LogP contribution is -2.31. The van der Waals surface area contributed by atoms with E-state index in [4.69, 9.17) is 0 Å². The van der Waals surface area contributed by atoms with Gasteiger partial charge in [-0.25, -0.2) is 0 Å². The van der Waals surface area contributed by atoms with E-state index in [2.05, 4.69) is 45.4 Å². The van der Waals surface area contributed by atoms with Gasteiger partial charge in [0.25, 0.3) is 0 Å². The number of aromatic nitrogens is 1. The highest BCUT2D eigenvalue weighted by atomic mass is 79.9. The summed E-state index contributed by atoms with van der Waals surface area (Å²) < 4.78 is 1.06. The van der Waals surface area contributed by atoms with Gasteiger partial charge in [-0.3, -0.25) is 4.98 Å². The van der Waals surface area contributed by atoms with Crippen LogP contribution in [0, 0.1) is 17.8 Å². The Bertz CT molecular complexity index is 380. The van der Waals surface area contributed by atoms with Gasteiger partial charge < -0.3 is 5.32 Å². The zero-order valence-electron chi connectivity index (χ0n) is 10.2. The molecule has 2 aliphatic carbocycles. The molecule has 1 aromatic rings. The van der Waals surface area contributed by atoms with Crippen molar-refractivity contribution in [2.75, 3.05) is 7.05 Å². The van der Waals surface area contributed by atoms with Crippen LogP contribution in [0.1, 0.15) is 25.0 Å². The van der Waals surface area contributed by atoms with Crippen molar-refractivity contribution in [3.8, 4) is 0 Å². The van der Waals surface area contributed by atoms with Gasteiger partial charge in [0.05, 0.1) is 0 Å². The molecular weight excluding hydrogens is 276 g/mol. The van der Waals surface area contributed by atoms with E-state index in [0.29, 0.717) is 6.04 Å². The molecule has 1 N–H and O–H groups in total. The van der Waals surface area contributed by atoms with Crippen molar-refractivity contribution in [1.29, 1.82) is 0 Å². The molecule has 0 amide bonds. The van der Waals surface area contributed by atoms with Crippen LogP contribution < -0.4 is 5.32 Å². The van der Waals surface area contributed by atoms with Gasteiger partial charge in [0.15, 0.2) is 0 Å². The summed E-state index contributed by atoms with van der Waals surface area (Å²) in [6.45, 7) is 0. The average molecular weight is 295 g/mol. The molecule has 0 bridgehead atoms. The summed E-state index contributed by atoms with van der Waals surface area (Å²) in [6.07, 6.45) is 7.35. The minimum atomic E-state index is 0.624. The molecule has 2 aliphatic rings. The van der Waals surface area contributed by atoms with E-state index >= 15 is 0 Å². The number of likely N-dealkylation sites (N-methyl/N-ethyl adjacent to an activating group) is 1. The van der Waals surface area contributed by atoms with E-state index < -0.39 is 0 Å². The zero-order valence-corrected chi connectivity index (χ0v) is 11.8. The molecule has 0 aromatic carbocycles. The second-order valence-electron chi connectivity index (χ2n) is 5.40. The molecule has 2 nitrogen and oxygen atoms in total. The summed E-state index contributed by atoms with van der Waals surface area (Å²) in [7, 11) is 2.09.